The summed E-state index contributed by atoms with van der Waals surface area (Å²) in [4.78, 5) is 15.0. The number of halogens is 1. The van der Waals surface area contributed by atoms with Crippen LogP contribution in [0.4, 0.5) is 0 Å². The topological polar surface area (TPSA) is 53.1 Å². The third kappa shape index (κ3) is 3.22. The summed E-state index contributed by atoms with van der Waals surface area (Å²) >= 11 is 6.57. The van der Waals surface area contributed by atoms with Crippen LogP contribution in [0, 0.1) is 6.92 Å². The lowest BCUT2D eigenvalue weighted by molar-refractivity contribution is 0.0692. The van der Waals surface area contributed by atoms with Gasteiger partial charge in [0.1, 0.15) is 5.69 Å². The lowest BCUT2D eigenvalue weighted by Gasteiger charge is -2.10. The molecule has 0 atom stereocenters. The van der Waals surface area contributed by atoms with E-state index >= 15 is 0 Å². The fourth-order valence-electron chi connectivity index (χ4n) is 3.48. The Bertz CT molecular complexity index is 1130. The van der Waals surface area contributed by atoms with E-state index in [1.165, 1.54) is 0 Å². The van der Waals surface area contributed by atoms with Crippen LogP contribution < -0.4 is 0 Å². The quantitative estimate of drug-likeness (QED) is 0.453. The third-order valence-electron chi connectivity index (χ3n) is 4.79. The first kappa shape index (κ1) is 17.4. The zero-order chi connectivity index (χ0) is 19.0. The number of carboxylic acid groups (broad SMARTS) is 1. The number of aromatic carboxylic acids is 1. The molecule has 0 radical (unpaired) electrons. The first-order valence-corrected chi connectivity index (χ1v) is 9.09. The fourth-order valence-corrected chi connectivity index (χ4v) is 3.70. The molecule has 0 saturated carbocycles. The Labute approximate surface area is 162 Å². The van der Waals surface area contributed by atoms with Gasteiger partial charge in [0, 0.05) is 21.5 Å². The van der Waals surface area contributed by atoms with Crippen molar-refractivity contribution in [3.05, 3.63) is 94.1 Å². The zero-order valence-corrected chi connectivity index (χ0v) is 15.5. The second-order valence-corrected chi connectivity index (χ2v) is 7.06. The summed E-state index contributed by atoms with van der Waals surface area (Å²) in [6, 6.07) is 21.6. The molecule has 27 heavy (non-hydrogen) atoms. The number of rotatable bonds is 4. The summed E-state index contributed by atoms with van der Waals surface area (Å²) in [7, 11) is 0. The smallest absolute Gasteiger partial charge is 0.352 e. The van der Waals surface area contributed by atoms with E-state index in [0.717, 1.165) is 33.2 Å². The number of hydrogen-bond donors (Lipinski definition) is 2. The van der Waals surface area contributed by atoms with Crippen molar-refractivity contribution in [3.63, 3.8) is 0 Å². The number of fused-ring (bicyclic) bond motifs is 1. The van der Waals surface area contributed by atoms with Gasteiger partial charge < -0.3 is 10.1 Å². The molecule has 2 N–H and O–H groups in total. The van der Waals surface area contributed by atoms with Crippen molar-refractivity contribution in [2.45, 2.75) is 13.3 Å². The van der Waals surface area contributed by atoms with Crippen molar-refractivity contribution in [1.29, 1.82) is 0 Å². The molecule has 3 aromatic carbocycles. The SMILES string of the molecule is Cc1ccc(-c2c(C(=O)O)[nH]c3ccc(Cl)c(Cc4ccccc4)c23)cc1. The van der Waals surface area contributed by atoms with E-state index in [9.17, 15) is 9.90 Å². The Hall–Kier alpha value is -3.04. The molecule has 1 heterocycles. The van der Waals surface area contributed by atoms with Crippen molar-refractivity contribution < 1.29 is 9.90 Å². The highest BCUT2D eigenvalue weighted by atomic mass is 35.5. The molecule has 0 fully saturated rings. The molecule has 0 aliphatic heterocycles. The summed E-state index contributed by atoms with van der Waals surface area (Å²) < 4.78 is 0. The number of carboxylic acids is 1. The number of benzene rings is 3. The number of nitrogens with one attached hydrogen (secondary N) is 1. The average molecular weight is 376 g/mol. The Morgan fingerprint density at radius 3 is 2.37 bits per heavy atom. The summed E-state index contributed by atoms with van der Waals surface area (Å²) in [5.41, 5.74) is 5.69. The van der Waals surface area contributed by atoms with Gasteiger partial charge in [-0.25, -0.2) is 4.79 Å². The minimum atomic E-state index is -0.983. The number of aromatic amines is 1. The molecule has 0 aliphatic rings. The molecule has 4 aromatic rings. The highest BCUT2D eigenvalue weighted by Gasteiger charge is 2.22. The van der Waals surface area contributed by atoms with E-state index in [1.807, 2.05) is 73.7 Å². The van der Waals surface area contributed by atoms with Crippen LogP contribution in [-0.4, -0.2) is 16.1 Å². The van der Waals surface area contributed by atoms with Gasteiger partial charge in [0.2, 0.25) is 0 Å². The van der Waals surface area contributed by atoms with E-state index in [4.69, 9.17) is 11.6 Å². The first-order valence-electron chi connectivity index (χ1n) is 8.72. The molecule has 0 spiro atoms. The second-order valence-electron chi connectivity index (χ2n) is 6.66. The van der Waals surface area contributed by atoms with Gasteiger partial charge >= 0.3 is 5.97 Å². The molecule has 3 nitrogen and oxygen atoms in total. The van der Waals surface area contributed by atoms with Crippen LogP contribution in [0.5, 0.6) is 0 Å². The summed E-state index contributed by atoms with van der Waals surface area (Å²) in [5.74, 6) is -0.983. The first-order chi connectivity index (χ1) is 13.0. The van der Waals surface area contributed by atoms with E-state index in [1.54, 1.807) is 0 Å². The highest BCUT2D eigenvalue weighted by molar-refractivity contribution is 6.33. The predicted octanol–water partition coefficient (Wildman–Crippen LogP) is 6.09. The van der Waals surface area contributed by atoms with Crippen LogP contribution in [0.1, 0.15) is 27.2 Å². The van der Waals surface area contributed by atoms with Gasteiger partial charge in [0.15, 0.2) is 0 Å². The van der Waals surface area contributed by atoms with E-state index < -0.39 is 5.97 Å². The molecule has 0 saturated heterocycles. The Morgan fingerprint density at radius 1 is 1.00 bits per heavy atom. The van der Waals surface area contributed by atoms with Crippen LogP contribution in [0.15, 0.2) is 66.7 Å². The van der Waals surface area contributed by atoms with Crippen LogP contribution in [0.3, 0.4) is 0 Å². The monoisotopic (exact) mass is 375 g/mol. The summed E-state index contributed by atoms with van der Waals surface area (Å²) in [6.45, 7) is 2.01. The van der Waals surface area contributed by atoms with Crippen molar-refractivity contribution in [3.8, 4) is 11.1 Å². The number of aromatic nitrogens is 1. The lowest BCUT2D eigenvalue weighted by atomic mass is 9.94. The maximum absolute atomic E-state index is 11.9. The number of aryl methyl sites for hydroxylation is 1. The zero-order valence-electron chi connectivity index (χ0n) is 14.8. The van der Waals surface area contributed by atoms with Crippen LogP contribution in [-0.2, 0) is 6.42 Å². The maximum atomic E-state index is 11.9. The molecule has 0 unspecified atom stereocenters. The van der Waals surface area contributed by atoms with Crippen LogP contribution >= 0.6 is 11.6 Å². The Kier molecular flexibility index (Phi) is 4.46. The molecule has 1 aromatic heterocycles. The van der Waals surface area contributed by atoms with Crippen molar-refractivity contribution in [2.24, 2.45) is 0 Å². The standard InChI is InChI=1S/C23H18ClNO2/c1-14-7-9-16(10-8-14)20-21-17(13-15-5-3-2-4-6-15)18(24)11-12-19(21)25-22(20)23(26)27/h2-12,25H,13H2,1H3,(H,26,27). The van der Waals surface area contributed by atoms with Crippen LogP contribution in [0.2, 0.25) is 5.02 Å². The highest BCUT2D eigenvalue weighted by Crippen LogP contribution is 2.38. The van der Waals surface area contributed by atoms with Crippen molar-refractivity contribution >= 4 is 28.5 Å². The van der Waals surface area contributed by atoms with Crippen molar-refractivity contribution in [1.82, 2.24) is 4.98 Å². The Balaban J connectivity index is 2.02. The minimum Gasteiger partial charge on any atom is -0.477 e. The van der Waals surface area contributed by atoms with Gasteiger partial charge in [-0.05, 0) is 42.2 Å². The third-order valence-corrected chi connectivity index (χ3v) is 5.15. The number of hydrogen-bond acceptors (Lipinski definition) is 1. The van der Waals surface area contributed by atoms with Crippen molar-refractivity contribution in [2.75, 3.05) is 0 Å². The second kappa shape index (κ2) is 6.93. The maximum Gasteiger partial charge on any atom is 0.352 e. The molecule has 4 rings (SSSR count). The molecule has 0 aliphatic carbocycles. The van der Waals surface area contributed by atoms with E-state index in [0.29, 0.717) is 17.0 Å². The predicted molar refractivity (Wildman–Crippen MR) is 110 cm³/mol. The summed E-state index contributed by atoms with van der Waals surface area (Å²) in [6.07, 6.45) is 0.632. The molecular weight excluding hydrogens is 358 g/mol. The molecule has 0 bridgehead atoms. The minimum absolute atomic E-state index is 0.186. The largest absolute Gasteiger partial charge is 0.477 e. The Morgan fingerprint density at radius 2 is 1.70 bits per heavy atom. The summed E-state index contributed by atoms with van der Waals surface area (Å²) in [5, 5.41) is 11.3. The normalized spacial score (nSPS) is 11.0. The van der Waals surface area contributed by atoms with E-state index in [2.05, 4.69) is 4.98 Å². The number of H-pyrrole nitrogens is 1. The van der Waals surface area contributed by atoms with E-state index in [-0.39, 0.29) is 5.69 Å². The molecule has 0 amide bonds. The molecule has 4 heteroatoms. The molecule has 134 valence electrons. The number of carbonyl (C=O) groups is 1. The fraction of sp³-hybridized carbons (Fsp3) is 0.0870. The van der Waals surface area contributed by atoms with Gasteiger partial charge in [-0.3, -0.25) is 0 Å². The van der Waals surface area contributed by atoms with Gasteiger partial charge in [-0.15, -0.1) is 0 Å². The van der Waals surface area contributed by atoms with Gasteiger partial charge in [0.25, 0.3) is 0 Å². The van der Waals surface area contributed by atoms with Crippen LogP contribution in [0.25, 0.3) is 22.0 Å². The lowest BCUT2D eigenvalue weighted by Crippen LogP contribution is -1.99. The van der Waals surface area contributed by atoms with Gasteiger partial charge in [0.05, 0.1) is 0 Å². The average Bonchev–Trinajstić information content (AvgIpc) is 3.06. The molecular formula is C23H18ClNO2. The van der Waals surface area contributed by atoms with Gasteiger partial charge in [-0.2, -0.15) is 0 Å². The van der Waals surface area contributed by atoms with Gasteiger partial charge in [-0.1, -0.05) is 71.8 Å².